The summed E-state index contributed by atoms with van der Waals surface area (Å²) in [6.07, 6.45) is 1.63. The molecule has 0 aliphatic carbocycles. The smallest absolute Gasteiger partial charge is 0.242 e. The van der Waals surface area contributed by atoms with Crippen molar-refractivity contribution in [2.45, 2.75) is 79.4 Å². The quantitative estimate of drug-likeness (QED) is 0.505. The molecule has 0 saturated heterocycles. The van der Waals surface area contributed by atoms with E-state index in [1.807, 2.05) is 84.0 Å². The summed E-state index contributed by atoms with van der Waals surface area (Å²) in [4.78, 5) is 28.0. The Morgan fingerprint density at radius 2 is 1.58 bits per heavy atom. The maximum Gasteiger partial charge on any atom is 0.242 e. The summed E-state index contributed by atoms with van der Waals surface area (Å²) in [5.41, 5.74) is 4.11. The van der Waals surface area contributed by atoms with Crippen LogP contribution in [0.4, 0.5) is 5.69 Å². The molecular weight excluding hydrogens is 474 g/mol. The zero-order valence-electron chi connectivity index (χ0n) is 22.9. The summed E-state index contributed by atoms with van der Waals surface area (Å²) >= 11 is 0. The lowest BCUT2D eigenvalue weighted by atomic mass is 10.1. The molecule has 0 aliphatic heterocycles. The second kappa shape index (κ2) is 11.9. The molecule has 2 rings (SSSR count). The van der Waals surface area contributed by atoms with Crippen LogP contribution in [-0.4, -0.2) is 49.5 Å². The number of nitrogens with zero attached hydrogens (tertiary/aromatic N) is 2. The third-order valence-electron chi connectivity index (χ3n) is 5.91. The van der Waals surface area contributed by atoms with Crippen LogP contribution in [0.25, 0.3) is 0 Å². The number of aryl methyl sites for hydroxylation is 3. The molecule has 1 N–H and O–H groups in total. The molecule has 0 bridgehead atoms. The molecule has 0 unspecified atom stereocenters. The number of anilines is 1. The average Bonchev–Trinajstić information content (AvgIpc) is 2.72. The first-order valence-electron chi connectivity index (χ1n) is 12.3. The van der Waals surface area contributed by atoms with Crippen LogP contribution < -0.4 is 9.62 Å². The van der Waals surface area contributed by atoms with E-state index in [1.54, 1.807) is 11.8 Å². The monoisotopic (exact) mass is 515 g/mol. The van der Waals surface area contributed by atoms with Gasteiger partial charge in [0, 0.05) is 25.0 Å². The molecule has 8 heteroatoms. The number of rotatable bonds is 10. The van der Waals surface area contributed by atoms with E-state index in [4.69, 9.17) is 0 Å². The first kappa shape index (κ1) is 29.4. The van der Waals surface area contributed by atoms with Crippen LogP contribution >= 0.6 is 0 Å². The lowest BCUT2D eigenvalue weighted by molar-refractivity contribution is -0.141. The van der Waals surface area contributed by atoms with Gasteiger partial charge in [-0.05, 0) is 89.3 Å². The highest BCUT2D eigenvalue weighted by Gasteiger charge is 2.29. The number of nitrogens with one attached hydrogen (secondary N) is 1. The van der Waals surface area contributed by atoms with Crippen molar-refractivity contribution in [2.75, 3.05) is 17.1 Å². The molecule has 0 heterocycles. The van der Waals surface area contributed by atoms with Crippen LogP contribution in [0.3, 0.4) is 0 Å². The van der Waals surface area contributed by atoms with Crippen LogP contribution in [-0.2, 0) is 26.2 Å². The summed E-state index contributed by atoms with van der Waals surface area (Å²) < 4.78 is 26.5. The Morgan fingerprint density at radius 1 is 1.00 bits per heavy atom. The Labute approximate surface area is 216 Å². The molecule has 0 aliphatic rings. The highest BCUT2D eigenvalue weighted by Crippen LogP contribution is 2.22. The number of amides is 2. The van der Waals surface area contributed by atoms with Gasteiger partial charge in [-0.2, -0.15) is 0 Å². The first-order valence-corrected chi connectivity index (χ1v) is 14.2. The maximum atomic E-state index is 13.4. The molecule has 1 atom stereocenters. The Morgan fingerprint density at radius 3 is 2.11 bits per heavy atom. The lowest BCUT2D eigenvalue weighted by Crippen LogP contribution is -2.52. The predicted octanol–water partition coefficient (Wildman–Crippen LogP) is 4.49. The molecule has 2 aromatic rings. The van der Waals surface area contributed by atoms with Crippen LogP contribution in [0.1, 0.15) is 62.8 Å². The van der Waals surface area contributed by atoms with E-state index in [-0.39, 0.29) is 24.8 Å². The van der Waals surface area contributed by atoms with Crippen LogP contribution in [0.15, 0.2) is 42.5 Å². The van der Waals surface area contributed by atoms with E-state index in [9.17, 15) is 18.0 Å². The zero-order valence-corrected chi connectivity index (χ0v) is 23.7. The van der Waals surface area contributed by atoms with Crippen LogP contribution in [0, 0.1) is 20.8 Å². The Bertz CT molecular complexity index is 1170. The van der Waals surface area contributed by atoms with Crippen molar-refractivity contribution in [2.24, 2.45) is 0 Å². The summed E-state index contributed by atoms with van der Waals surface area (Å²) in [6, 6.07) is 12.8. The normalized spacial score (nSPS) is 12.7. The number of hydrogen-bond acceptors (Lipinski definition) is 4. The van der Waals surface area contributed by atoms with Gasteiger partial charge in [-0.25, -0.2) is 8.42 Å². The molecule has 0 saturated carbocycles. The van der Waals surface area contributed by atoms with Crippen molar-refractivity contribution >= 4 is 27.5 Å². The van der Waals surface area contributed by atoms with Crippen molar-refractivity contribution in [3.63, 3.8) is 0 Å². The van der Waals surface area contributed by atoms with Gasteiger partial charge < -0.3 is 10.2 Å². The van der Waals surface area contributed by atoms with Gasteiger partial charge >= 0.3 is 0 Å². The van der Waals surface area contributed by atoms with E-state index in [0.29, 0.717) is 18.7 Å². The van der Waals surface area contributed by atoms with E-state index >= 15 is 0 Å². The molecule has 0 aromatic heterocycles. The molecule has 0 radical (unpaired) electrons. The van der Waals surface area contributed by atoms with Gasteiger partial charge in [0.15, 0.2) is 0 Å². The van der Waals surface area contributed by atoms with Crippen molar-refractivity contribution in [1.82, 2.24) is 10.2 Å². The van der Waals surface area contributed by atoms with Gasteiger partial charge in [-0.1, -0.05) is 30.3 Å². The van der Waals surface area contributed by atoms with Crippen molar-refractivity contribution < 1.29 is 18.0 Å². The fourth-order valence-corrected chi connectivity index (χ4v) is 5.08. The minimum atomic E-state index is -3.53. The van der Waals surface area contributed by atoms with E-state index in [0.717, 1.165) is 22.3 Å². The minimum Gasteiger partial charge on any atom is -0.350 e. The van der Waals surface area contributed by atoms with Gasteiger partial charge in [0.25, 0.3) is 0 Å². The largest absolute Gasteiger partial charge is 0.350 e. The summed E-state index contributed by atoms with van der Waals surface area (Å²) in [5.74, 6) is -0.416. The molecule has 2 aromatic carbocycles. The standard InChI is InChI=1S/C28H41N3O4S/c1-20-16-21(2)18-25(17-20)31(36(8,34)35)15-11-14-26(32)30(19-24-13-10-9-12-22(24)3)23(4)27(33)29-28(5,6)7/h9-10,12-13,16-18,23H,11,14-15,19H2,1-8H3,(H,29,33)/t23-/m1/s1. The third-order valence-corrected chi connectivity index (χ3v) is 7.11. The summed E-state index contributed by atoms with van der Waals surface area (Å²) in [6.45, 7) is 13.7. The third kappa shape index (κ3) is 8.66. The van der Waals surface area contributed by atoms with E-state index < -0.39 is 21.6 Å². The second-order valence-corrected chi connectivity index (χ2v) is 12.6. The lowest BCUT2D eigenvalue weighted by Gasteiger charge is -2.32. The summed E-state index contributed by atoms with van der Waals surface area (Å²) in [7, 11) is -3.53. The number of sulfonamides is 1. The van der Waals surface area contributed by atoms with E-state index in [2.05, 4.69) is 5.32 Å². The molecule has 198 valence electrons. The SMILES string of the molecule is Cc1cc(C)cc(N(CCCC(=O)N(Cc2ccccc2C)[C@H](C)C(=O)NC(C)(C)C)S(C)(=O)=O)c1. The first-order chi connectivity index (χ1) is 16.6. The number of carbonyl (C=O) groups excluding carboxylic acids is 2. The van der Waals surface area contributed by atoms with Crippen molar-refractivity contribution in [1.29, 1.82) is 0 Å². The van der Waals surface area contributed by atoms with Gasteiger partial charge in [0.2, 0.25) is 21.8 Å². The van der Waals surface area contributed by atoms with Gasteiger partial charge in [0.05, 0.1) is 11.9 Å². The highest BCUT2D eigenvalue weighted by molar-refractivity contribution is 7.92. The average molecular weight is 516 g/mol. The molecular formula is C28H41N3O4S. The molecule has 7 nitrogen and oxygen atoms in total. The van der Waals surface area contributed by atoms with E-state index in [1.165, 1.54) is 10.6 Å². The number of carbonyl (C=O) groups is 2. The molecule has 36 heavy (non-hydrogen) atoms. The molecule has 0 spiro atoms. The number of hydrogen-bond donors (Lipinski definition) is 1. The van der Waals surface area contributed by atoms with Crippen LogP contribution in [0.2, 0.25) is 0 Å². The summed E-state index contributed by atoms with van der Waals surface area (Å²) in [5, 5.41) is 2.96. The topological polar surface area (TPSA) is 86.8 Å². The molecule has 2 amide bonds. The highest BCUT2D eigenvalue weighted by atomic mass is 32.2. The Balaban J connectivity index is 2.23. The Hall–Kier alpha value is -2.87. The predicted molar refractivity (Wildman–Crippen MR) is 146 cm³/mol. The zero-order chi connectivity index (χ0) is 27.3. The Kier molecular flexibility index (Phi) is 9.71. The van der Waals surface area contributed by atoms with Crippen molar-refractivity contribution in [3.05, 3.63) is 64.7 Å². The fraction of sp³-hybridized carbons (Fsp3) is 0.500. The van der Waals surface area contributed by atoms with Crippen LogP contribution in [0.5, 0.6) is 0 Å². The fourth-order valence-electron chi connectivity index (χ4n) is 4.13. The second-order valence-electron chi connectivity index (χ2n) is 10.6. The van der Waals surface area contributed by atoms with Gasteiger partial charge in [0.1, 0.15) is 6.04 Å². The van der Waals surface area contributed by atoms with Gasteiger partial charge in [-0.15, -0.1) is 0 Å². The number of benzene rings is 2. The van der Waals surface area contributed by atoms with Gasteiger partial charge in [-0.3, -0.25) is 13.9 Å². The van der Waals surface area contributed by atoms with Crippen molar-refractivity contribution in [3.8, 4) is 0 Å². The molecule has 0 fully saturated rings. The maximum absolute atomic E-state index is 13.4. The minimum absolute atomic E-state index is 0.121.